The number of ether oxygens (including phenoxy) is 2. The van der Waals surface area contributed by atoms with Crippen LogP contribution in [0.3, 0.4) is 0 Å². The molecule has 5 nitrogen and oxygen atoms in total. The molecular formula is C14H15NO4. The molecule has 0 amide bonds. The van der Waals surface area contributed by atoms with E-state index < -0.39 is 11.9 Å². The summed E-state index contributed by atoms with van der Waals surface area (Å²) in [4.78, 5) is 17.7. The van der Waals surface area contributed by atoms with Gasteiger partial charge in [0, 0.05) is 12.8 Å². The number of hydrogen-bond acceptors (Lipinski definition) is 5. The minimum atomic E-state index is -0.674. The summed E-state index contributed by atoms with van der Waals surface area (Å²) in [5, 5.41) is 1.79. The highest BCUT2D eigenvalue weighted by Gasteiger charge is 2.59. The van der Waals surface area contributed by atoms with E-state index in [2.05, 4.69) is 0 Å². The summed E-state index contributed by atoms with van der Waals surface area (Å²) in [7, 11) is 0. The minimum Gasteiger partial charge on any atom is -0.345 e. The molecule has 4 fully saturated rings. The maximum absolute atomic E-state index is 11.9. The maximum Gasteiger partial charge on any atom is 0.194 e. The van der Waals surface area contributed by atoms with Crippen molar-refractivity contribution in [2.75, 3.05) is 18.3 Å². The first-order valence-electron chi connectivity index (χ1n) is 6.60. The number of carbonyl (C=O) groups is 1. The Morgan fingerprint density at radius 1 is 1.16 bits per heavy atom. The molecule has 1 aromatic carbocycles. The first-order chi connectivity index (χ1) is 9.28. The lowest BCUT2D eigenvalue weighted by Gasteiger charge is -2.52. The summed E-state index contributed by atoms with van der Waals surface area (Å²) >= 11 is 0. The second kappa shape index (κ2) is 4.03. The molecule has 0 radical (unpaired) electrons. The molecule has 2 atom stereocenters. The number of fused-ring (bicyclic) bond motifs is 2. The second-order valence-corrected chi connectivity index (χ2v) is 5.15. The summed E-state index contributed by atoms with van der Waals surface area (Å²) < 4.78 is 11.6. The van der Waals surface area contributed by atoms with Crippen LogP contribution in [0.1, 0.15) is 12.8 Å². The molecule has 100 valence electrons. The zero-order chi connectivity index (χ0) is 12.9. The molecule has 19 heavy (non-hydrogen) atoms. The van der Waals surface area contributed by atoms with Gasteiger partial charge in [0.15, 0.2) is 11.6 Å². The van der Waals surface area contributed by atoms with Gasteiger partial charge in [-0.3, -0.25) is 9.63 Å². The van der Waals surface area contributed by atoms with Gasteiger partial charge in [-0.1, -0.05) is 18.2 Å². The van der Waals surface area contributed by atoms with Crippen LogP contribution in [0.15, 0.2) is 30.3 Å². The molecule has 1 aliphatic carbocycles. The Morgan fingerprint density at radius 2 is 1.89 bits per heavy atom. The Hall–Kier alpha value is -1.43. The first kappa shape index (κ1) is 11.4. The van der Waals surface area contributed by atoms with E-state index in [-0.39, 0.29) is 11.8 Å². The number of nitrogens with zero attached hydrogens (tertiary/aromatic N) is 1. The Balaban J connectivity index is 1.72. The molecule has 1 saturated carbocycles. The zero-order valence-corrected chi connectivity index (χ0v) is 10.5. The molecule has 4 aliphatic rings. The normalized spacial score (nSPS) is 32.2. The largest absolute Gasteiger partial charge is 0.345 e. The number of anilines is 1. The van der Waals surface area contributed by atoms with Crippen LogP contribution in [0.4, 0.5) is 5.69 Å². The Bertz CT molecular complexity index is 497. The number of para-hydroxylation sites is 1. The third-order valence-electron chi connectivity index (χ3n) is 4.04. The smallest absolute Gasteiger partial charge is 0.194 e. The van der Waals surface area contributed by atoms with Gasteiger partial charge < -0.3 is 9.47 Å². The lowest BCUT2D eigenvalue weighted by molar-refractivity contribution is -0.252. The van der Waals surface area contributed by atoms with Crippen LogP contribution in [-0.4, -0.2) is 36.9 Å². The summed E-state index contributed by atoms with van der Waals surface area (Å²) in [5.41, 5.74) is 0.933. The van der Waals surface area contributed by atoms with E-state index in [4.69, 9.17) is 14.3 Å². The third-order valence-corrected chi connectivity index (χ3v) is 4.04. The molecule has 0 N–H and O–H groups in total. The number of hydroxylamine groups is 1. The Labute approximate surface area is 111 Å². The van der Waals surface area contributed by atoms with Crippen molar-refractivity contribution < 1.29 is 19.1 Å². The fourth-order valence-electron chi connectivity index (χ4n) is 3.15. The molecule has 5 heteroatoms. The van der Waals surface area contributed by atoms with Crippen LogP contribution >= 0.6 is 0 Å². The van der Waals surface area contributed by atoms with E-state index in [1.807, 2.05) is 30.3 Å². The molecule has 1 spiro atoms. The van der Waals surface area contributed by atoms with Gasteiger partial charge in [-0.05, 0) is 12.1 Å². The van der Waals surface area contributed by atoms with Crippen molar-refractivity contribution >= 4 is 11.5 Å². The molecule has 2 bridgehead atoms. The predicted molar refractivity (Wildman–Crippen MR) is 66.5 cm³/mol. The Kier molecular flexibility index (Phi) is 2.42. The van der Waals surface area contributed by atoms with Gasteiger partial charge in [-0.25, -0.2) is 5.06 Å². The Morgan fingerprint density at radius 3 is 2.58 bits per heavy atom. The molecule has 5 rings (SSSR count). The average Bonchev–Trinajstić information content (AvgIpc) is 2.90. The van der Waals surface area contributed by atoms with Gasteiger partial charge in [0.2, 0.25) is 0 Å². The highest BCUT2D eigenvalue weighted by atomic mass is 16.8. The van der Waals surface area contributed by atoms with E-state index in [0.29, 0.717) is 26.1 Å². The summed E-state index contributed by atoms with van der Waals surface area (Å²) in [5.74, 6) is -0.533. The molecule has 3 saturated heterocycles. The average molecular weight is 261 g/mol. The molecule has 3 aliphatic heterocycles. The van der Waals surface area contributed by atoms with Crippen molar-refractivity contribution in [1.82, 2.24) is 0 Å². The zero-order valence-electron chi connectivity index (χ0n) is 10.5. The standard InChI is InChI=1S/C14H15NO4/c16-11-8-13-14(17-6-7-18-14)9-12(11)19-15(13)10-4-2-1-3-5-10/h1-5,12-13H,6-9H2. The van der Waals surface area contributed by atoms with E-state index >= 15 is 0 Å². The number of hydrogen-bond donors (Lipinski definition) is 0. The SMILES string of the molecule is O=C1CC2N(c3ccccc3)OC1CC21OCCO1. The van der Waals surface area contributed by atoms with Gasteiger partial charge in [0.25, 0.3) is 0 Å². The van der Waals surface area contributed by atoms with E-state index in [1.54, 1.807) is 5.06 Å². The van der Waals surface area contributed by atoms with Gasteiger partial charge in [0.1, 0.15) is 12.1 Å². The number of carbonyl (C=O) groups excluding carboxylic acids is 1. The molecule has 3 heterocycles. The third kappa shape index (κ3) is 1.62. The number of Topliss-reactive ketones (excluding diaryl/α,β-unsaturated/α-hetero) is 1. The van der Waals surface area contributed by atoms with Crippen molar-refractivity contribution in [2.24, 2.45) is 0 Å². The number of ketones is 1. The number of benzene rings is 1. The van der Waals surface area contributed by atoms with E-state index in [9.17, 15) is 4.79 Å². The first-order valence-corrected chi connectivity index (χ1v) is 6.60. The van der Waals surface area contributed by atoms with Crippen molar-refractivity contribution in [3.05, 3.63) is 30.3 Å². The van der Waals surface area contributed by atoms with Crippen LogP contribution in [0.2, 0.25) is 0 Å². The molecule has 1 aromatic rings. The van der Waals surface area contributed by atoms with Crippen molar-refractivity contribution in [2.45, 2.75) is 30.8 Å². The van der Waals surface area contributed by atoms with Crippen LogP contribution < -0.4 is 5.06 Å². The van der Waals surface area contributed by atoms with Crippen LogP contribution in [-0.2, 0) is 19.1 Å². The van der Waals surface area contributed by atoms with Crippen LogP contribution in [0, 0.1) is 0 Å². The quantitative estimate of drug-likeness (QED) is 0.762. The molecule has 2 unspecified atom stereocenters. The van der Waals surface area contributed by atoms with Gasteiger partial charge in [0.05, 0.1) is 18.9 Å². The van der Waals surface area contributed by atoms with Gasteiger partial charge in [-0.2, -0.15) is 0 Å². The lowest BCUT2D eigenvalue weighted by Crippen LogP contribution is -2.67. The molecule has 0 aromatic heterocycles. The van der Waals surface area contributed by atoms with Crippen molar-refractivity contribution in [3.63, 3.8) is 0 Å². The number of rotatable bonds is 1. The second-order valence-electron chi connectivity index (χ2n) is 5.15. The molecular weight excluding hydrogens is 246 g/mol. The van der Waals surface area contributed by atoms with Crippen molar-refractivity contribution in [3.8, 4) is 0 Å². The van der Waals surface area contributed by atoms with Gasteiger partial charge in [-0.15, -0.1) is 0 Å². The maximum atomic E-state index is 11.9. The fraction of sp³-hybridized carbons (Fsp3) is 0.500. The van der Waals surface area contributed by atoms with Crippen LogP contribution in [0.25, 0.3) is 0 Å². The monoisotopic (exact) mass is 261 g/mol. The van der Waals surface area contributed by atoms with Gasteiger partial charge >= 0.3 is 0 Å². The van der Waals surface area contributed by atoms with E-state index in [1.165, 1.54) is 0 Å². The summed E-state index contributed by atoms with van der Waals surface area (Å²) in [6, 6.07) is 9.59. The summed E-state index contributed by atoms with van der Waals surface area (Å²) in [6.45, 7) is 1.17. The van der Waals surface area contributed by atoms with Crippen LogP contribution in [0.5, 0.6) is 0 Å². The summed E-state index contributed by atoms with van der Waals surface area (Å²) in [6.07, 6.45) is 0.461. The lowest BCUT2D eigenvalue weighted by atomic mass is 9.83. The predicted octanol–water partition coefficient (Wildman–Crippen LogP) is 1.28. The van der Waals surface area contributed by atoms with E-state index in [0.717, 1.165) is 5.69 Å². The van der Waals surface area contributed by atoms with Crippen molar-refractivity contribution in [1.29, 1.82) is 0 Å². The topological polar surface area (TPSA) is 48.0 Å². The highest BCUT2D eigenvalue weighted by Crippen LogP contribution is 2.44. The minimum absolute atomic E-state index is 0.141. The fourth-order valence-corrected chi connectivity index (χ4v) is 3.15. The highest BCUT2D eigenvalue weighted by molar-refractivity contribution is 5.86.